The fourth-order valence-corrected chi connectivity index (χ4v) is 6.51. The smallest absolute Gasteiger partial charge is 0.335 e. The summed E-state index contributed by atoms with van der Waals surface area (Å²) < 4.78 is 2.18. The topological polar surface area (TPSA) is 122 Å². The van der Waals surface area contributed by atoms with E-state index in [1.807, 2.05) is 60.7 Å². The average molecular weight is 564 g/mol. The molecule has 6 rings (SSSR count). The molecule has 4 atom stereocenters. The van der Waals surface area contributed by atoms with Gasteiger partial charge in [-0.15, -0.1) is 0 Å². The molecule has 42 heavy (non-hydrogen) atoms. The molecule has 2 aliphatic rings. The van der Waals surface area contributed by atoms with Gasteiger partial charge >= 0.3 is 11.9 Å². The Labute approximate surface area is 243 Å². The van der Waals surface area contributed by atoms with Crippen LogP contribution in [-0.4, -0.2) is 37.6 Å². The highest BCUT2D eigenvalue weighted by Crippen LogP contribution is 2.48. The van der Waals surface area contributed by atoms with Crippen LogP contribution in [0.4, 0.5) is 5.69 Å². The summed E-state index contributed by atoms with van der Waals surface area (Å²) in [5.74, 6) is -2.54. The standard InChI is InChI=1S/C34H33N3O5/c1-2-3-7-29-36-27-15-14-26(35-32(38)30-23-12-13-24(17-23)31(30)34(41)42)18-28(27)37(29)19-20-8-10-21(11-9-20)22-5-4-6-25(16-22)33(39)40/h4-6,8-16,18,23-24,30-31H,2-3,7,17,19H2,1H3,(H,35,38)(H,39,40)(H,41,42)/t23?,24?,30-,31+/m1/s1. The van der Waals surface area contributed by atoms with Crippen molar-refractivity contribution >= 4 is 34.6 Å². The molecule has 3 aromatic carbocycles. The Hall–Kier alpha value is -4.72. The normalized spacial score (nSPS) is 20.7. The number of aliphatic carboxylic acids is 1. The van der Waals surface area contributed by atoms with Crippen molar-refractivity contribution in [1.29, 1.82) is 0 Å². The van der Waals surface area contributed by atoms with Crippen LogP contribution in [0.25, 0.3) is 22.2 Å². The van der Waals surface area contributed by atoms with Crippen LogP contribution >= 0.6 is 0 Å². The lowest BCUT2D eigenvalue weighted by molar-refractivity contribution is -0.146. The van der Waals surface area contributed by atoms with Gasteiger partial charge in [0.05, 0.1) is 28.4 Å². The van der Waals surface area contributed by atoms with Gasteiger partial charge < -0.3 is 20.1 Å². The molecule has 1 amide bonds. The maximum Gasteiger partial charge on any atom is 0.335 e. The molecule has 4 aromatic rings. The molecule has 1 saturated carbocycles. The first kappa shape index (κ1) is 27.4. The van der Waals surface area contributed by atoms with Crippen LogP contribution in [0.2, 0.25) is 0 Å². The van der Waals surface area contributed by atoms with E-state index >= 15 is 0 Å². The third-order valence-electron chi connectivity index (χ3n) is 8.63. The Morgan fingerprint density at radius 3 is 2.40 bits per heavy atom. The number of carbonyl (C=O) groups excluding carboxylic acids is 1. The third kappa shape index (κ3) is 5.20. The maximum absolute atomic E-state index is 13.3. The number of carboxylic acids is 2. The second-order valence-corrected chi connectivity index (χ2v) is 11.3. The number of carbonyl (C=O) groups is 3. The zero-order chi connectivity index (χ0) is 29.4. The first-order chi connectivity index (χ1) is 20.3. The summed E-state index contributed by atoms with van der Waals surface area (Å²) in [7, 11) is 0. The number of unbranched alkanes of at least 4 members (excludes halogenated alkanes) is 1. The van der Waals surface area contributed by atoms with Crippen LogP contribution in [0, 0.1) is 23.7 Å². The first-order valence-electron chi connectivity index (χ1n) is 14.5. The molecule has 0 saturated heterocycles. The minimum Gasteiger partial charge on any atom is -0.481 e. The number of fused-ring (bicyclic) bond motifs is 3. The number of rotatable bonds is 10. The van der Waals surface area contributed by atoms with E-state index in [1.165, 1.54) is 0 Å². The van der Waals surface area contributed by atoms with E-state index in [0.29, 0.717) is 18.7 Å². The number of anilines is 1. The van der Waals surface area contributed by atoms with Crippen LogP contribution in [0.15, 0.2) is 78.9 Å². The van der Waals surface area contributed by atoms with Crippen molar-refractivity contribution in [1.82, 2.24) is 9.55 Å². The fraction of sp³-hybridized carbons (Fsp3) is 0.294. The molecule has 1 heterocycles. The lowest BCUT2D eigenvalue weighted by Crippen LogP contribution is -2.36. The number of benzene rings is 3. The van der Waals surface area contributed by atoms with E-state index in [9.17, 15) is 24.6 Å². The number of carboxylic acid groups (broad SMARTS) is 2. The highest BCUT2D eigenvalue weighted by Gasteiger charge is 2.51. The molecule has 2 aliphatic carbocycles. The van der Waals surface area contributed by atoms with Crippen LogP contribution in [0.5, 0.6) is 0 Å². The highest BCUT2D eigenvalue weighted by molar-refractivity contribution is 5.97. The molecule has 1 aromatic heterocycles. The van der Waals surface area contributed by atoms with Gasteiger partial charge in [0, 0.05) is 18.7 Å². The average Bonchev–Trinajstić information content (AvgIpc) is 3.70. The number of nitrogens with zero attached hydrogens (tertiary/aromatic N) is 2. The Kier molecular flexibility index (Phi) is 7.37. The molecule has 0 aliphatic heterocycles. The van der Waals surface area contributed by atoms with E-state index in [4.69, 9.17) is 4.98 Å². The first-order valence-corrected chi connectivity index (χ1v) is 14.5. The summed E-state index contributed by atoms with van der Waals surface area (Å²) in [4.78, 5) is 41.6. The molecule has 0 spiro atoms. The zero-order valence-electron chi connectivity index (χ0n) is 23.4. The molecule has 3 N–H and O–H groups in total. The molecule has 2 bridgehead atoms. The number of hydrogen-bond donors (Lipinski definition) is 3. The van der Waals surface area contributed by atoms with E-state index in [0.717, 1.165) is 52.8 Å². The summed E-state index contributed by atoms with van der Waals surface area (Å²) in [5.41, 5.74) is 5.46. The Balaban J connectivity index is 1.27. The van der Waals surface area contributed by atoms with E-state index in [-0.39, 0.29) is 23.3 Å². The largest absolute Gasteiger partial charge is 0.481 e. The van der Waals surface area contributed by atoms with Gasteiger partial charge in [-0.1, -0.05) is 61.9 Å². The number of imidazole rings is 1. The molecular weight excluding hydrogens is 530 g/mol. The van der Waals surface area contributed by atoms with E-state index in [2.05, 4.69) is 16.8 Å². The van der Waals surface area contributed by atoms with Crippen LogP contribution in [0.3, 0.4) is 0 Å². The number of amides is 1. The Morgan fingerprint density at radius 2 is 1.69 bits per heavy atom. The van der Waals surface area contributed by atoms with E-state index in [1.54, 1.807) is 18.2 Å². The van der Waals surface area contributed by atoms with Crippen molar-refractivity contribution < 1.29 is 24.6 Å². The van der Waals surface area contributed by atoms with Crippen molar-refractivity contribution in [3.8, 4) is 11.1 Å². The third-order valence-corrected chi connectivity index (χ3v) is 8.63. The Bertz CT molecular complexity index is 1700. The molecule has 8 nitrogen and oxygen atoms in total. The molecule has 214 valence electrons. The monoisotopic (exact) mass is 563 g/mol. The van der Waals surface area contributed by atoms with Gasteiger partial charge in [0.1, 0.15) is 5.82 Å². The van der Waals surface area contributed by atoms with Crippen LogP contribution in [0.1, 0.15) is 47.9 Å². The summed E-state index contributed by atoms with van der Waals surface area (Å²) in [6.07, 6.45) is 7.50. The second-order valence-electron chi connectivity index (χ2n) is 11.3. The lowest BCUT2D eigenvalue weighted by atomic mass is 9.82. The molecule has 2 unspecified atom stereocenters. The van der Waals surface area contributed by atoms with Crippen molar-refractivity contribution in [2.24, 2.45) is 23.7 Å². The maximum atomic E-state index is 13.3. The SMILES string of the molecule is CCCCc1nc2ccc(NC(=O)[C@@H]3C4C=CC(C4)[C@@H]3C(=O)O)cc2n1Cc1ccc(-c2cccc(C(=O)O)c2)cc1. The van der Waals surface area contributed by atoms with Gasteiger partial charge in [0.2, 0.25) is 5.91 Å². The summed E-state index contributed by atoms with van der Waals surface area (Å²) in [5, 5.41) is 22.1. The number of allylic oxidation sites excluding steroid dienone is 2. The van der Waals surface area contributed by atoms with Crippen molar-refractivity contribution in [3.63, 3.8) is 0 Å². The highest BCUT2D eigenvalue weighted by atomic mass is 16.4. The van der Waals surface area contributed by atoms with Gasteiger partial charge in [0.25, 0.3) is 0 Å². The van der Waals surface area contributed by atoms with Gasteiger partial charge in [-0.2, -0.15) is 0 Å². The quantitative estimate of drug-likeness (QED) is 0.196. The van der Waals surface area contributed by atoms with Crippen molar-refractivity contribution in [2.75, 3.05) is 5.32 Å². The van der Waals surface area contributed by atoms with E-state index < -0.39 is 23.8 Å². The summed E-state index contributed by atoms with van der Waals surface area (Å²) >= 11 is 0. The number of hydrogen-bond acceptors (Lipinski definition) is 4. The predicted molar refractivity (Wildman–Crippen MR) is 160 cm³/mol. The zero-order valence-corrected chi connectivity index (χ0v) is 23.4. The minimum absolute atomic E-state index is 0.0411. The van der Waals surface area contributed by atoms with Gasteiger partial charge in [-0.05, 0) is 71.7 Å². The lowest BCUT2D eigenvalue weighted by Gasteiger charge is -2.23. The molecule has 0 radical (unpaired) electrons. The molecule has 1 fully saturated rings. The molecular formula is C34H33N3O5. The fourth-order valence-electron chi connectivity index (χ4n) is 6.51. The van der Waals surface area contributed by atoms with Crippen molar-refractivity contribution in [2.45, 2.75) is 39.2 Å². The van der Waals surface area contributed by atoms with Crippen LogP contribution in [-0.2, 0) is 22.6 Å². The van der Waals surface area contributed by atoms with Gasteiger partial charge in [0.15, 0.2) is 0 Å². The van der Waals surface area contributed by atoms with Crippen LogP contribution < -0.4 is 5.32 Å². The molecule has 8 heteroatoms. The number of aromatic carboxylic acids is 1. The second kappa shape index (κ2) is 11.3. The van der Waals surface area contributed by atoms with Gasteiger partial charge in [-0.25, -0.2) is 9.78 Å². The number of nitrogens with one attached hydrogen (secondary N) is 1. The van der Waals surface area contributed by atoms with Crippen molar-refractivity contribution in [3.05, 3.63) is 95.8 Å². The number of aromatic nitrogens is 2. The predicted octanol–water partition coefficient (Wildman–Crippen LogP) is 6.25. The minimum atomic E-state index is -0.954. The number of aryl methyl sites for hydroxylation is 1. The Morgan fingerprint density at radius 1 is 0.929 bits per heavy atom. The van der Waals surface area contributed by atoms with Gasteiger partial charge in [-0.3, -0.25) is 9.59 Å². The summed E-state index contributed by atoms with van der Waals surface area (Å²) in [6.45, 7) is 2.73. The summed E-state index contributed by atoms with van der Waals surface area (Å²) in [6, 6.07) is 20.6.